The van der Waals surface area contributed by atoms with Crippen molar-refractivity contribution in [2.75, 3.05) is 13.2 Å². The minimum atomic E-state index is -0.776. The molecule has 1 aromatic rings. The molecule has 0 fully saturated rings. The molecule has 0 aliphatic carbocycles. The van der Waals surface area contributed by atoms with Gasteiger partial charge >= 0.3 is 0 Å². The van der Waals surface area contributed by atoms with Gasteiger partial charge in [-0.3, -0.25) is 0 Å². The second-order valence-electron chi connectivity index (χ2n) is 3.82. The Bertz CT molecular complexity index is 313. The van der Waals surface area contributed by atoms with Crippen molar-refractivity contribution >= 4 is 0 Å². The van der Waals surface area contributed by atoms with Gasteiger partial charge in [-0.05, 0) is 13.0 Å². The standard InChI is InChI=1S/C11H16FNO2/c1-11(7-14,8-15)13-6-9-4-2-3-5-10(9)12/h2-5,13-15H,6-8H2,1H3. The van der Waals surface area contributed by atoms with Gasteiger partial charge < -0.3 is 15.5 Å². The zero-order valence-corrected chi connectivity index (χ0v) is 8.70. The van der Waals surface area contributed by atoms with Crippen LogP contribution in [0.3, 0.4) is 0 Å². The van der Waals surface area contributed by atoms with Crippen LogP contribution in [0, 0.1) is 5.82 Å². The van der Waals surface area contributed by atoms with Crippen molar-refractivity contribution in [3.05, 3.63) is 35.6 Å². The van der Waals surface area contributed by atoms with Gasteiger partial charge in [0.1, 0.15) is 5.82 Å². The molecule has 1 rings (SSSR count). The van der Waals surface area contributed by atoms with Crippen LogP contribution in [0.5, 0.6) is 0 Å². The maximum atomic E-state index is 13.2. The summed E-state index contributed by atoms with van der Waals surface area (Å²) in [4.78, 5) is 0. The lowest BCUT2D eigenvalue weighted by Gasteiger charge is -2.26. The average Bonchev–Trinajstić information content (AvgIpc) is 2.28. The van der Waals surface area contributed by atoms with Crippen LogP contribution in [0.4, 0.5) is 4.39 Å². The van der Waals surface area contributed by atoms with Gasteiger partial charge in [0, 0.05) is 12.1 Å². The molecule has 1 aromatic carbocycles. The number of halogens is 1. The molecule has 0 unspecified atom stereocenters. The molecule has 0 aromatic heterocycles. The number of rotatable bonds is 5. The van der Waals surface area contributed by atoms with Gasteiger partial charge in [-0.25, -0.2) is 4.39 Å². The molecule has 0 atom stereocenters. The lowest BCUT2D eigenvalue weighted by molar-refractivity contribution is 0.103. The summed E-state index contributed by atoms with van der Waals surface area (Å²) in [5, 5.41) is 20.9. The molecule has 3 N–H and O–H groups in total. The summed E-state index contributed by atoms with van der Waals surface area (Å²) in [7, 11) is 0. The minimum absolute atomic E-state index is 0.196. The van der Waals surface area contributed by atoms with Crippen LogP contribution < -0.4 is 5.32 Å². The Balaban J connectivity index is 2.61. The van der Waals surface area contributed by atoms with E-state index in [4.69, 9.17) is 10.2 Å². The Hall–Kier alpha value is -0.970. The largest absolute Gasteiger partial charge is 0.394 e. The Morgan fingerprint density at radius 3 is 2.40 bits per heavy atom. The first-order valence-corrected chi connectivity index (χ1v) is 4.81. The van der Waals surface area contributed by atoms with E-state index >= 15 is 0 Å². The molecule has 3 nitrogen and oxygen atoms in total. The molecule has 0 aliphatic rings. The molecular weight excluding hydrogens is 197 g/mol. The van der Waals surface area contributed by atoms with Crippen LogP contribution in [-0.4, -0.2) is 29.0 Å². The third-order valence-corrected chi connectivity index (χ3v) is 2.36. The fourth-order valence-corrected chi connectivity index (χ4v) is 1.11. The van der Waals surface area contributed by atoms with Gasteiger partial charge in [-0.1, -0.05) is 18.2 Å². The van der Waals surface area contributed by atoms with E-state index in [0.29, 0.717) is 5.56 Å². The van der Waals surface area contributed by atoms with Crippen LogP contribution in [-0.2, 0) is 6.54 Å². The van der Waals surface area contributed by atoms with Crippen molar-refractivity contribution in [2.24, 2.45) is 0 Å². The van der Waals surface area contributed by atoms with Crippen molar-refractivity contribution in [3.63, 3.8) is 0 Å². The molecule has 0 saturated heterocycles. The van der Waals surface area contributed by atoms with E-state index in [9.17, 15) is 4.39 Å². The molecular formula is C11H16FNO2. The number of nitrogens with one attached hydrogen (secondary N) is 1. The van der Waals surface area contributed by atoms with Gasteiger partial charge in [-0.2, -0.15) is 0 Å². The molecule has 15 heavy (non-hydrogen) atoms. The third kappa shape index (κ3) is 3.27. The first kappa shape index (κ1) is 12.1. The van der Waals surface area contributed by atoms with Crippen molar-refractivity contribution < 1.29 is 14.6 Å². The predicted molar refractivity (Wildman–Crippen MR) is 55.8 cm³/mol. The molecule has 4 heteroatoms. The summed E-state index contributed by atoms with van der Waals surface area (Å²) in [6.45, 7) is 1.56. The monoisotopic (exact) mass is 213 g/mol. The van der Waals surface area contributed by atoms with E-state index in [2.05, 4.69) is 5.32 Å². The fourth-order valence-electron chi connectivity index (χ4n) is 1.11. The summed E-state index contributed by atoms with van der Waals surface area (Å²) in [5.41, 5.74) is -0.256. The number of aliphatic hydroxyl groups is 2. The van der Waals surface area contributed by atoms with Gasteiger partial charge in [0.05, 0.1) is 18.8 Å². The Morgan fingerprint density at radius 2 is 1.87 bits per heavy atom. The fraction of sp³-hybridized carbons (Fsp3) is 0.455. The summed E-state index contributed by atoms with van der Waals surface area (Å²) in [6.07, 6.45) is 0. The molecule has 0 amide bonds. The number of hydrogen-bond acceptors (Lipinski definition) is 3. The van der Waals surface area contributed by atoms with E-state index in [0.717, 1.165) is 0 Å². The molecule has 0 spiro atoms. The van der Waals surface area contributed by atoms with Gasteiger partial charge in [0.25, 0.3) is 0 Å². The maximum Gasteiger partial charge on any atom is 0.127 e. The second kappa shape index (κ2) is 5.21. The van der Waals surface area contributed by atoms with Crippen LogP contribution in [0.15, 0.2) is 24.3 Å². The Morgan fingerprint density at radius 1 is 1.27 bits per heavy atom. The van der Waals surface area contributed by atoms with E-state index in [-0.39, 0.29) is 25.6 Å². The predicted octanol–water partition coefficient (Wildman–Crippen LogP) is 0.659. The highest BCUT2D eigenvalue weighted by Gasteiger charge is 2.21. The van der Waals surface area contributed by atoms with Crippen LogP contribution in [0.25, 0.3) is 0 Å². The second-order valence-corrected chi connectivity index (χ2v) is 3.82. The van der Waals surface area contributed by atoms with Crippen molar-refractivity contribution in [1.82, 2.24) is 5.32 Å². The number of benzene rings is 1. The summed E-state index contributed by atoms with van der Waals surface area (Å²) in [5.74, 6) is -0.289. The van der Waals surface area contributed by atoms with Crippen LogP contribution >= 0.6 is 0 Å². The highest BCUT2D eigenvalue weighted by Crippen LogP contribution is 2.08. The number of aliphatic hydroxyl groups excluding tert-OH is 2. The molecule has 0 heterocycles. The minimum Gasteiger partial charge on any atom is -0.394 e. The number of hydrogen-bond donors (Lipinski definition) is 3. The van der Waals surface area contributed by atoms with Crippen molar-refractivity contribution in [3.8, 4) is 0 Å². The van der Waals surface area contributed by atoms with Crippen molar-refractivity contribution in [2.45, 2.75) is 19.0 Å². The summed E-state index contributed by atoms with van der Waals surface area (Å²) in [6, 6.07) is 6.41. The lowest BCUT2D eigenvalue weighted by atomic mass is 10.0. The van der Waals surface area contributed by atoms with Crippen molar-refractivity contribution in [1.29, 1.82) is 0 Å². The normalized spacial score (nSPS) is 11.7. The van der Waals surface area contributed by atoms with Gasteiger partial charge in [0.15, 0.2) is 0 Å². The smallest absolute Gasteiger partial charge is 0.127 e. The highest BCUT2D eigenvalue weighted by atomic mass is 19.1. The maximum absolute atomic E-state index is 13.2. The third-order valence-electron chi connectivity index (χ3n) is 2.36. The highest BCUT2D eigenvalue weighted by molar-refractivity contribution is 5.17. The van der Waals surface area contributed by atoms with Crippen LogP contribution in [0.2, 0.25) is 0 Å². The van der Waals surface area contributed by atoms with E-state index < -0.39 is 5.54 Å². The van der Waals surface area contributed by atoms with Gasteiger partial charge in [0.2, 0.25) is 0 Å². The average molecular weight is 213 g/mol. The molecule has 0 bridgehead atoms. The van der Waals surface area contributed by atoms with E-state index in [1.807, 2.05) is 0 Å². The van der Waals surface area contributed by atoms with Crippen LogP contribution in [0.1, 0.15) is 12.5 Å². The van der Waals surface area contributed by atoms with E-state index in [1.54, 1.807) is 25.1 Å². The topological polar surface area (TPSA) is 52.5 Å². The zero-order valence-electron chi connectivity index (χ0n) is 8.70. The first-order valence-electron chi connectivity index (χ1n) is 4.81. The SMILES string of the molecule is CC(CO)(CO)NCc1ccccc1F. The molecule has 0 saturated carbocycles. The van der Waals surface area contributed by atoms with E-state index in [1.165, 1.54) is 6.07 Å². The Kier molecular flexibility index (Phi) is 4.20. The zero-order chi connectivity index (χ0) is 11.3. The molecule has 0 aliphatic heterocycles. The Labute approximate surface area is 88.6 Å². The summed E-state index contributed by atoms with van der Waals surface area (Å²) >= 11 is 0. The lowest BCUT2D eigenvalue weighted by Crippen LogP contribution is -2.48. The molecule has 84 valence electrons. The summed E-state index contributed by atoms with van der Waals surface area (Å²) < 4.78 is 13.2. The first-order chi connectivity index (χ1) is 7.11. The quantitative estimate of drug-likeness (QED) is 0.673. The van der Waals surface area contributed by atoms with Gasteiger partial charge in [-0.15, -0.1) is 0 Å². The molecule has 0 radical (unpaired) electrons.